The van der Waals surface area contributed by atoms with E-state index in [1.165, 1.54) is 4.90 Å². The molecule has 0 unspecified atom stereocenters. The summed E-state index contributed by atoms with van der Waals surface area (Å²) in [5.41, 5.74) is 1.04. The topological polar surface area (TPSA) is 97.8 Å². The van der Waals surface area contributed by atoms with Gasteiger partial charge < -0.3 is 33.9 Å². The van der Waals surface area contributed by atoms with Crippen molar-refractivity contribution in [2.45, 2.75) is 39.7 Å². The molecule has 1 fully saturated rings. The molecule has 0 radical (unpaired) electrons. The zero-order valence-corrected chi connectivity index (χ0v) is 23.2. The van der Waals surface area contributed by atoms with Gasteiger partial charge >= 0.3 is 0 Å². The number of rotatable bonds is 12. The molecule has 39 heavy (non-hydrogen) atoms. The predicted molar refractivity (Wildman–Crippen MR) is 148 cm³/mol. The van der Waals surface area contributed by atoms with Crippen LogP contribution in [-0.2, 0) is 9.59 Å². The molecule has 0 spiro atoms. The zero-order valence-electron chi connectivity index (χ0n) is 23.2. The van der Waals surface area contributed by atoms with Crippen molar-refractivity contribution in [2.24, 2.45) is 0 Å². The highest BCUT2D eigenvalue weighted by molar-refractivity contribution is 6.46. The van der Waals surface area contributed by atoms with Gasteiger partial charge in [-0.2, -0.15) is 0 Å². The van der Waals surface area contributed by atoms with Crippen molar-refractivity contribution >= 4 is 17.4 Å². The van der Waals surface area contributed by atoms with Crippen LogP contribution in [0.4, 0.5) is 0 Å². The van der Waals surface area contributed by atoms with E-state index in [0.717, 1.165) is 25.9 Å². The van der Waals surface area contributed by atoms with Gasteiger partial charge in [0.2, 0.25) is 0 Å². The molecule has 9 nitrogen and oxygen atoms in total. The van der Waals surface area contributed by atoms with Crippen LogP contribution in [-0.4, -0.2) is 79.7 Å². The quantitative estimate of drug-likeness (QED) is 0.184. The molecule has 1 amide bonds. The molecule has 1 saturated heterocycles. The molecule has 0 saturated carbocycles. The van der Waals surface area contributed by atoms with Crippen LogP contribution in [0.5, 0.6) is 23.0 Å². The third-order valence-electron chi connectivity index (χ3n) is 7.17. The monoisotopic (exact) mass is 538 g/mol. The van der Waals surface area contributed by atoms with Gasteiger partial charge in [-0.3, -0.25) is 9.59 Å². The minimum atomic E-state index is -0.799. The Balaban J connectivity index is 1.78. The molecule has 9 heteroatoms. The molecule has 210 valence electrons. The first kappa shape index (κ1) is 28.3. The second kappa shape index (κ2) is 12.9. The Morgan fingerprint density at radius 2 is 1.77 bits per heavy atom. The zero-order chi connectivity index (χ0) is 27.9. The van der Waals surface area contributed by atoms with Gasteiger partial charge in [0.25, 0.3) is 11.7 Å². The van der Waals surface area contributed by atoms with Crippen molar-refractivity contribution in [3.63, 3.8) is 0 Å². The predicted octanol–water partition coefficient (Wildman–Crippen LogP) is 4.41. The molecular formula is C30H38N2O7. The van der Waals surface area contributed by atoms with E-state index in [4.69, 9.17) is 18.9 Å². The summed E-state index contributed by atoms with van der Waals surface area (Å²) >= 11 is 0. The van der Waals surface area contributed by atoms with Crippen LogP contribution in [0.2, 0.25) is 0 Å². The second-order valence-corrected chi connectivity index (χ2v) is 9.49. The largest absolute Gasteiger partial charge is 0.507 e. The van der Waals surface area contributed by atoms with Crippen molar-refractivity contribution in [3.8, 4) is 23.0 Å². The second-order valence-electron chi connectivity index (χ2n) is 9.49. The van der Waals surface area contributed by atoms with Gasteiger partial charge in [-0.15, -0.1) is 0 Å². The Kier molecular flexibility index (Phi) is 9.35. The molecule has 2 heterocycles. The minimum absolute atomic E-state index is 0.0259. The SMILES string of the molecule is CCCCOc1ccc([C@H]2C(=C(O)c3ccc4c(c3)OCCO4)C(=O)C(=O)N2CCN(CC)CC)cc1OC. The van der Waals surface area contributed by atoms with Gasteiger partial charge in [-0.05, 0) is 55.4 Å². The van der Waals surface area contributed by atoms with Crippen molar-refractivity contribution in [2.75, 3.05) is 53.1 Å². The maximum absolute atomic E-state index is 13.4. The van der Waals surface area contributed by atoms with E-state index in [9.17, 15) is 14.7 Å². The van der Waals surface area contributed by atoms with Gasteiger partial charge in [-0.25, -0.2) is 0 Å². The highest BCUT2D eigenvalue weighted by Crippen LogP contribution is 2.43. The first-order valence-corrected chi connectivity index (χ1v) is 13.6. The average Bonchev–Trinajstić information content (AvgIpc) is 3.22. The number of fused-ring (bicyclic) bond motifs is 1. The number of hydrogen-bond donors (Lipinski definition) is 1. The maximum atomic E-state index is 13.4. The first-order chi connectivity index (χ1) is 18.9. The minimum Gasteiger partial charge on any atom is -0.507 e. The first-order valence-electron chi connectivity index (χ1n) is 13.6. The normalized spacial score (nSPS) is 18.1. The van der Waals surface area contributed by atoms with Gasteiger partial charge in [0, 0.05) is 18.7 Å². The fourth-order valence-corrected chi connectivity index (χ4v) is 4.89. The number of hydrogen-bond acceptors (Lipinski definition) is 8. The summed E-state index contributed by atoms with van der Waals surface area (Å²) in [7, 11) is 1.55. The Morgan fingerprint density at radius 3 is 2.46 bits per heavy atom. The Labute approximate surface area is 229 Å². The number of ether oxygens (including phenoxy) is 4. The fraction of sp³-hybridized carbons (Fsp3) is 0.467. The number of aliphatic hydroxyl groups is 1. The summed E-state index contributed by atoms with van der Waals surface area (Å²) in [6.07, 6.45) is 1.91. The standard InChI is InChI=1S/C30H38N2O7/c1-5-8-15-37-22-11-9-20(18-24(22)36-4)27-26(29(34)30(35)32(27)14-13-31(6-2)7-3)28(33)21-10-12-23-25(19-21)39-17-16-38-23/h9-12,18-19,27,33H,5-8,13-17H2,1-4H3/t27-/m0/s1. The molecule has 2 aromatic rings. The number of unbranched alkanes of at least 4 members (excludes halogenated alkanes) is 1. The number of likely N-dealkylation sites (N-methyl/N-ethyl adjacent to an activating group) is 1. The number of Topliss-reactive ketones (excluding diaryl/α,β-unsaturated/α-hetero) is 1. The van der Waals surface area contributed by atoms with E-state index < -0.39 is 17.7 Å². The van der Waals surface area contributed by atoms with E-state index in [0.29, 0.717) is 67.0 Å². The number of methoxy groups -OCH3 is 1. The number of ketones is 1. The van der Waals surface area contributed by atoms with E-state index in [1.54, 1.807) is 37.4 Å². The molecule has 0 bridgehead atoms. The van der Waals surface area contributed by atoms with Crippen LogP contribution in [0.3, 0.4) is 0 Å². The lowest BCUT2D eigenvalue weighted by Gasteiger charge is -2.28. The van der Waals surface area contributed by atoms with Crippen LogP contribution in [0, 0.1) is 0 Å². The van der Waals surface area contributed by atoms with E-state index in [1.807, 2.05) is 6.07 Å². The lowest BCUT2D eigenvalue weighted by atomic mass is 9.94. The van der Waals surface area contributed by atoms with E-state index in [-0.39, 0.29) is 11.3 Å². The number of carbonyl (C=O) groups excluding carboxylic acids is 2. The summed E-state index contributed by atoms with van der Waals surface area (Å²) in [5.74, 6) is 0.495. The third kappa shape index (κ3) is 5.98. The third-order valence-corrected chi connectivity index (χ3v) is 7.17. The van der Waals surface area contributed by atoms with Gasteiger partial charge in [0.05, 0.1) is 25.3 Å². The Hall–Kier alpha value is -3.72. The Morgan fingerprint density at radius 1 is 1.03 bits per heavy atom. The smallest absolute Gasteiger partial charge is 0.295 e. The fourth-order valence-electron chi connectivity index (χ4n) is 4.89. The van der Waals surface area contributed by atoms with Crippen molar-refractivity contribution < 1.29 is 33.6 Å². The highest BCUT2D eigenvalue weighted by Gasteiger charge is 2.46. The molecule has 0 aromatic heterocycles. The number of likely N-dealkylation sites (tertiary alicyclic amines) is 1. The molecule has 1 atom stereocenters. The number of benzene rings is 2. The van der Waals surface area contributed by atoms with Crippen molar-refractivity contribution in [1.82, 2.24) is 9.80 Å². The van der Waals surface area contributed by atoms with Crippen LogP contribution < -0.4 is 18.9 Å². The summed E-state index contributed by atoms with van der Waals surface area (Å²) in [6.45, 7) is 10.1. The van der Waals surface area contributed by atoms with E-state index in [2.05, 4.69) is 25.7 Å². The summed E-state index contributed by atoms with van der Waals surface area (Å²) in [6, 6.07) is 9.58. The van der Waals surface area contributed by atoms with Crippen LogP contribution in [0.15, 0.2) is 42.0 Å². The molecule has 2 aliphatic heterocycles. The average molecular weight is 539 g/mol. The number of aliphatic hydroxyl groups excluding tert-OH is 1. The molecule has 2 aliphatic rings. The molecule has 0 aliphatic carbocycles. The maximum Gasteiger partial charge on any atom is 0.295 e. The lowest BCUT2D eigenvalue weighted by molar-refractivity contribution is -0.140. The van der Waals surface area contributed by atoms with Crippen molar-refractivity contribution in [3.05, 3.63) is 53.1 Å². The number of amides is 1. The molecular weight excluding hydrogens is 500 g/mol. The van der Waals surface area contributed by atoms with Gasteiger partial charge in [0.15, 0.2) is 23.0 Å². The van der Waals surface area contributed by atoms with Crippen LogP contribution >= 0.6 is 0 Å². The molecule has 2 aromatic carbocycles. The summed E-state index contributed by atoms with van der Waals surface area (Å²) in [5, 5.41) is 11.5. The highest BCUT2D eigenvalue weighted by atomic mass is 16.6. The molecule has 1 N–H and O–H groups in total. The van der Waals surface area contributed by atoms with E-state index >= 15 is 0 Å². The van der Waals surface area contributed by atoms with Crippen molar-refractivity contribution in [1.29, 1.82) is 0 Å². The Bertz CT molecular complexity index is 1220. The molecule has 4 rings (SSSR count). The number of nitrogens with zero attached hydrogens (tertiary/aromatic N) is 2. The van der Waals surface area contributed by atoms with Gasteiger partial charge in [-0.1, -0.05) is 33.3 Å². The number of carbonyl (C=O) groups is 2. The van der Waals surface area contributed by atoms with Gasteiger partial charge in [0.1, 0.15) is 19.0 Å². The lowest BCUT2D eigenvalue weighted by Crippen LogP contribution is -2.38. The summed E-state index contributed by atoms with van der Waals surface area (Å²) in [4.78, 5) is 30.5. The summed E-state index contributed by atoms with van der Waals surface area (Å²) < 4.78 is 22.8. The van der Waals surface area contributed by atoms with Crippen LogP contribution in [0.25, 0.3) is 5.76 Å². The van der Waals surface area contributed by atoms with Crippen LogP contribution in [0.1, 0.15) is 50.8 Å².